The zero-order valence-electron chi connectivity index (χ0n) is 6.87. The molecule has 0 fully saturated rings. The Balaban J connectivity index is 0.000000720. The van der Waals surface area contributed by atoms with Crippen molar-refractivity contribution in [2.24, 2.45) is 0 Å². The molecule has 1 aromatic heterocycles. The Morgan fingerprint density at radius 3 is 2.92 bits per heavy atom. The molecule has 0 aliphatic rings. The molecular weight excluding hydrogens is 179 g/mol. The van der Waals surface area contributed by atoms with Crippen molar-refractivity contribution in [3.63, 3.8) is 0 Å². The van der Waals surface area contributed by atoms with E-state index in [2.05, 4.69) is 11.3 Å². The minimum absolute atomic E-state index is 0. The van der Waals surface area contributed by atoms with Crippen LogP contribution in [0.1, 0.15) is 5.69 Å². The van der Waals surface area contributed by atoms with Gasteiger partial charge < -0.3 is 5.73 Å². The van der Waals surface area contributed by atoms with Crippen LogP contribution >= 0.6 is 11.5 Å². The Kier molecular flexibility index (Phi) is 3.01. The summed E-state index contributed by atoms with van der Waals surface area (Å²) in [4.78, 5) is 0. The van der Waals surface area contributed by atoms with Crippen molar-refractivity contribution in [3.05, 3.63) is 30.8 Å². The van der Waals surface area contributed by atoms with Gasteiger partial charge in [-0.05, 0) is 10.8 Å². The predicted octanol–water partition coefficient (Wildman–Crippen LogP) is -0.935. The van der Waals surface area contributed by atoms with E-state index in [0.717, 1.165) is 21.5 Å². The molecule has 0 unspecified atom stereocenters. The van der Waals surface area contributed by atoms with Gasteiger partial charge in [-0.1, -0.05) is 23.3 Å². The number of benzene rings is 1. The number of anilines is 1. The van der Waals surface area contributed by atoms with E-state index in [4.69, 9.17) is 5.73 Å². The summed E-state index contributed by atoms with van der Waals surface area (Å²) < 4.78 is 5.25. The second kappa shape index (κ2) is 3.66. The molecule has 2 aromatic rings. The van der Waals surface area contributed by atoms with E-state index < -0.39 is 0 Å². The number of hydrogen-bond donors (Lipinski definition) is 1. The number of rotatable bonds is 0. The van der Waals surface area contributed by atoms with Gasteiger partial charge in [-0.15, -0.1) is 11.5 Å². The van der Waals surface area contributed by atoms with Crippen LogP contribution in [0.15, 0.2) is 18.2 Å². The maximum Gasteiger partial charge on any atom is 1.00 e. The van der Waals surface area contributed by atoms with Gasteiger partial charge in [-0.3, -0.25) is 0 Å². The molecule has 0 atom stereocenters. The molecule has 0 radical (unpaired) electrons. The molecule has 1 aromatic carbocycles. The Morgan fingerprint density at radius 2 is 2.17 bits per heavy atom. The van der Waals surface area contributed by atoms with E-state index in [9.17, 15) is 0 Å². The molecule has 0 saturated heterocycles. The van der Waals surface area contributed by atoms with Crippen molar-refractivity contribution >= 4 is 27.3 Å². The molecule has 0 saturated carbocycles. The summed E-state index contributed by atoms with van der Waals surface area (Å²) in [5.41, 5.74) is 7.18. The van der Waals surface area contributed by atoms with Crippen LogP contribution < -0.4 is 35.3 Å². The van der Waals surface area contributed by atoms with Crippen LogP contribution in [0.2, 0.25) is 0 Å². The molecule has 0 aliphatic heterocycles. The smallest absolute Gasteiger partial charge is 0.400 e. The normalized spacial score (nSPS) is 9.67. The Hall–Kier alpha value is -0.220. The Morgan fingerprint density at radius 1 is 1.42 bits per heavy atom. The van der Waals surface area contributed by atoms with E-state index >= 15 is 0 Å². The number of hydrogen-bond acceptors (Lipinski definition) is 3. The molecule has 0 aliphatic carbocycles. The predicted molar refractivity (Wildman–Crippen MR) is 48.5 cm³/mol. The second-order valence-corrected chi connectivity index (χ2v) is 3.19. The fraction of sp³-hybridized carbons (Fsp3) is 0. The van der Waals surface area contributed by atoms with Crippen LogP contribution in [0.3, 0.4) is 0 Å². The zero-order valence-corrected chi connectivity index (χ0v) is 9.69. The third kappa shape index (κ3) is 1.59. The first-order valence-corrected chi connectivity index (χ1v) is 4.01. The van der Waals surface area contributed by atoms with Crippen molar-refractivity contribution in [3.8, 4) is 0 Å². The number of aromatic nitrogens is 1. The topological polar surface area (TPSA) is 38.9 Å². The summed E-state index contributed by atoms with van der Waals surface area (Å²) in [7, 11) is 0. The number of nitrogens with two attached hydrogens (primary N) is 1. The second-order valence-electron chi connectivity index (χ2n) is 2.38. The maximum atomic E-state index is 5.60. The minimum Gasteiger partial charge on any atom is -0.400 e. The third-order valence-corrected chi connectivity index (χ3v) is 2.43. The first kappa shape index (κ1) is 9.86. The first-order chi connectivity index (χ1) is 5.27. The molecule has 2 N–H and O–H groups in total. The van der Waals surface area contributed by atoms with Crippen LogP contribution in [0.25, 0.3) is 10.1 Å². The molecule has 12 heavy (non-hydrogen) atoms. The van der Waals surface area contributed by atoms with E-state index in [1.165, 1.54) is 11.5 Å². The summed E-state index contributed by atoms with van der Waals surface area (Å²) in [5, 5.41) is 1.06. The molecule has 0 bridgehead atoms. The summed E-state index contributed by atoms with van der Waals surface area (Å²) in [6.45, 7) is 3.79. The molecule has 2 rings (SSSR count). The summed E-state index contributed by atoms with van der Waals surface area (Å²) in [5.74, 6) is 0. The largest absolute Gasteiger partial charge is 1.00 e. The fourth-order valence-corrected chi connectivity index (χ4v) is 1.72. The van der Waals surface area contributed by atoms with Crippen molar-refractivity contribution in [2.45, 2.75) is 0 Å². The van der Waals surface area contributed by atoms with Gasteiger partial charge in [-0.2, -0.15) is 0 Å². The van der Waals surface area contributed by atoms with Gasteiger partial charge in [0.15, 0.2) is 0 Å². The molecule has 0 amide bonds. The Labute approximate surface area is 97.2 Å². The number of nitrogens with zero attached hydrogens (tertiary/aromatic N) is 1. The van der Waals surface area contributed by atoms with Crippen LogP contribution in [0.5, 0.6) is 0 Å². The molecule has 2 nitrogen and oxygen atoms in total. The third-order valence-electron chi connectivity index (χ3n) is 1.57. The fourth-order valence-electron chi connectivity index (χ4n) is 1.01. The van der Waals surface area contributed by atoms with E-state index in [1.807, 2.05) is 18.2 Å². The minimum atomic E-state index is 0. The average molecular weight is 186 g/mol. The van der Waals surface area contributed by atoms with E-state index in [0.29, 0.717) is 0 Å². The van der Waals surface area contributed by atoms with E-state index in [1.54, 1.807) is 0 Å². The molecule has 1 heterocycles. The monoisotopic (exact) mass is 186 g/mol. The van der Waals surface area contributed by atoms with Gasteiger partial charge in [0.05, 0.1) is 0 Å². The molecule has 56 valence electrons. The van der Waals surface area contributed by atoms with Gasteiger partial charge in [-0.25, -0.2) is 11.3 Å². The molecule has 0 spiro atoms. The SMILES string of the molecule is [CH2-]c1nsc2ccc(N)cc12.[Na+]. The van der Waals surface area contributed by atoms with Crippen LogP contribution in [-0.2, 0) is 0 Å². The van der Waals surface area contributed by atoms with Crippen LogP contribution in [0.4, 0.5) is 5.69 Å². The quantitative estimate of drug-likeness (QED) is 0.328. The summed E-state index contributed by atoms with van der Waals surface area (Å²) >= 11 is 1.45. The van der Waals surface area contributed by atoms with Gasteiger partial charge in [0, 0.05) is 5.69 Å². The average Bonchev–Trinajstić information content (AvgIpc) is 2.33. The maximum absolute atomic E-state index is 5.60. The van der Waals surface area contributed by atoms with Crippen molar-refractivity contribution < 1.29 is 29.6 Å². The van der Waals surface area contributed by atoms with Crippen molar-refractivity contribution in [1.29, 1.82) is 0 Å². The van der Waals surface area contributed by atoms with Gasteiger partial charge in [0.2, 0.25) is 0 Å². The van der Waals surface area contributed by atoms with Crippen molar-refractivity contribution in [2.75, 3.05) is 5.73 Å². The van der Waals surface area contributed by atoms with Crippen LogP contribution in [0, 0.1) is 6.92 Å². The van der Waals surface area contributed by atoms with Crippen LogP contribution in [-0.4, -0.2) is 4.37 Å². The summed E-state index contributed by atoms with van der Waals surface area (Å²) in [6, 6.07) is 5.75. The van der Waals surface area contributed by atoms with Gasteiger partial charge in [0.25, 0.3) is 0 Å². The molecule has 4 heteroatoms. The standard InChI is InChI=1S/C8H7N2S.Na/c1-5-7-4-6(9)2-3-8(7)11-10-5;/h2-4H,1,9H2;/q-1;+1. The zero-order chi connectivity index (χ0) is 7.84. The Bertz CT molecular complexity index is 397. The van der Waals surface area contributed by atoms with Crippen molar-refractivity contribution in [1.82, 2.24) is 4.37 Å². The number of nitrogen functional groups attached to an aromatic ring is 1. The molecular formula is C8H7N2NaS. The summed E-state index contributed by atoms with van der Waals surface area (Å²) in [6.07, 6.45) is 0. The van der Waals surface area contributed by atoms with E-state index in [-0.39, 0.29) is 29.6 Å². The number of fused-ring (bicyclic) bond motifs is 1. The first-order valence-electron chi connectivity index (χ1n) is 3.24. The van der Waals surface area contributed by atoms with Gasteiger partial charge >= 0.3 is 29.6 Å². The van der Waals surface area contributed by atoms with Gasteiger partial charge in [0.1, 0.15) is 0 Å².